The normalized spacial score (nSPS) is 17.1. The molecule has 72 valence electrons. The van der Waals surface area contributed by atoms with Crippen LogP contribution in [0.1, 0.15) is 6.04 Å². The van der Waals surface area contributed by atoms with E-state index < -0.39 is 0 Å². The van der Waals surface area contributed by atoms with E-state index in [0.29, 0.717) is 5.58 Å². The lowest BCUT2D eigenvalue weighted by Gasteiger charge is -2.27. The number of nitrogens with zero attached hydrogens (tertiary/aromatic N) is 1. The van der Waals surface area contributed by atoms with Gasteiger partial charge in [-0.15, -0.1) is 0 Å². The monoisotopic (exact) mass is 190 g/mol. The van der Waals surface area contributed by atoms with E-state index in [2.05, 4.69) is 5.32 Å². The summed E-state index contributed by atoms with van der Waals surface area (Å²) in [4.78, 5) is 11.5. The highest BCUT2D eigenvalue weighted by Gasteiger charge is 2.23. The molecule has 1 fully saturated rings. The second-order valence-corrected chi connectivity index (χ2v) is 3.52. The molecule has 1 aliphatic heterocycles. The van der Waals surface area contributed by atoms with Gasteiger partial charge in [-0.1, -0.05) is 12.1 Å². The number of rotatable bonds is 1. The molecule has 0 radical (unpaired) electrons. The fourth-order valence-electron chi connectivity index (χ4n) is 1.79. The maximum Gasteiger partial charge on any atom is 0.420 e. The van der Waals surface area contributed by atoms with E-state index in [-0.39, 0.29) is 11.8 Å². The van der Waals surface area contributed by atoms with Gasteiger partial charge in [-0.25, -0.2) is 4.79 Å². The molecule has 3 rings (SSSR count). The lowest BCUT2D eigenvalue weighted by molar-refractivity contribution is 0.326. The molecule has 0 amide bonds. The van der Waals surface area contributed by atoms with Crippen molar-refractivity contribution in [3.63, 3.8) is 0 Å². The fourth-order valence-corrected chi connectivity index (χ4v) is 1.79. The highest BCUT2D eigenvalue weighted by molar-refractivity contribution is 5.72. The van der Waals surface area contributed by atoms with Crippen LogP contribution >= 0.6 is 0 Å². The van der Waals surface area contributed by atoms with Crippen LogP contribution in [0.4, 0.5) is 0 Å². The summed E-state index contributed by atoms with van der Waals surface area (Å²) in [7, 11) is 0. The van der Waals surface area contributed by atoms with Crippen molar-refractivity contribution in [2.24, 2.45) is 0 Å². The van der Waals surface area contributed by atoms with Crippen molar-refractivity contribution >= 4 is 11.1 Å². The molecule has 14 heavy (non-hydrogen) atoms. The van der Waals surface area contributed by atoms with E-state index in [4.69, 9.17) is 4.42 Å². The van der Waals surface area contributed by atoms with Crippen molar-refractivity contribution in [2.45, 2.75) is 6.04 Å². The highest BCUT2D eigenvalue weighted by Crippen LogP contribution is 2.18. The number of aromatic nitrogens is 1. The van der Waals surface area contributed by atoms with Gasteiger partial charge in [-0.3, -0.25) is 4.57 Å². The molecule has 4 heteroatoms. The summed E-state index contributed by atoms with van der Waals surface area (Å²) in [5.74, 6) is -0.252. The van der Waals surface area contributed by atoms with E-state index in [1.807, 2.05) is 24.3 Å². The van der Waals surface area contributed by atoms with E-state index in [1.54, 1.807) is 4.57 Å². The SMILES string of the molecule is O=c1oc2ccccc2n1C1CNC1. The molecule has 0 bridgehead atoms. The molecule has 0 aliphatic carbocycles. The molecule has 1 aromatic carbocycles. The second kappa shape index (κ2) is 2.72. The van der Waals surface area contributed by atoms with E-state index in [9.17, 15) is 4.79 Å². The summed E-state index contributed by atoms with van der Waals surface area (Å²) in [6, 6.07) is 7.78. The Balaban J connectivity index is 2.29. The van der Waals surface area contributed by atoms with Crippen molar-refractivity contribution in [2.75, 3.05) is 13.1 Å². The zero-order valence-corrected chi connectivity index (χ0v) is 7.56. The van der Waals surface area contributed by atoms with Crippen LogP contribution in [0.3, 0.4) is 0 Å². The van der Waals surface area contributed by atoms with E-state index >= 15 is 0 Å². The smallest absolute Gasteiger partial charge is 0.408 e. The molecule has 2 heterocycles. The van der Waals surface area contributed by atoms with Crippen LogP contribution < -0.4 is 11.1 Å². The van der Waals surface area contributed by atoms with Crippen molar-refractivity contribution in [1.82, 2.24) is 9.88 Å². The van der Waals surface area contributed by atoms with Crippen molar-refractivity contribution in [3.05, 3.63) is 34.8 Å². The minimum absolute atomic E-state index is 0.252. The van der Waals surface area contributed by atoms with Crippen LogP contribution in [-0.2, 0) is 0 Å². The molecular formula is C10H10N2O2. The van der Waals surface area contributed by atoms with Crippen LogP contribution in [0.5, 0.6) is 0 Å². The van der Waals surface area contributed by atoms with Gasteiger partial charge in [0.2, 0.25) is 0 Å². The summed E-state index contributed by atoms with van der Waals surface area (Å²) >= 11 is 0. The van der Waals surface area contributed by atoms with Crippen LogP contribution in [0.25, 0.3) is 11.1 Å². The molecular weight excluding hydrogens is 180 g/mol. The van der Waals surface area contributed by atoms with Crippen molar-refractivity contribution < 1.29 is 4.42 Å². The van der Waals surface area contributed by atoms with Gasteiger partial charge in [0.15, 0.2) is 5.58 Å². The first-order valence-corrected chi connectivity index (χ1v) is 4.67. The first-order chi connectivity index (χ1) is 6.86. The largest absolute Gasteiger partial charge is 0.420 e. The molecule has 1 aromatic heterocycles. The Morgan fingerprint density at radius 3 is 2.86 bits per heavy atom. The summed E-state index contributed by atoms with van der Waals surface area (Å²) in [6.45, 7) is 1.70. The lowest BCUT2D eigenvalue weighted by Crippen LogP contribution is -2.46. The Bertz CT molecular complexity index is 522. The highest BCUT2D eigenvalue weighted by atomic mass is 16.4. The number of hydrogen-bond donors (Lipinski definition) is 1. The average molecular weight is 190 g/mol. The van der Waals surface area contributed by atoms with Gasteiger partial charge in [0.1, 0.15) is 0 Å². The van der Waals surface area contributed by atoms with Gasteiger partial charge >= 0.3 is 5.76 Å². The lowest BCUT2D eigenvalue weighted by atomic mass is 10.1. The zero-order chi connectivity index (χ0) is 9.54. The van der Waals surface area contributed by atoms with Gasteiger partial charge < -0.3 is 9.73 Å². The first kappa shape index (κ1) is 7.82. The number of benzene rings is 1. The van der Waals surface area contributed by atoms with Gasteiger partial charge in [-0.2, -0.15) is 0 Å². The van der Waals surface area contributed by atoms with Crippen molar-refractivity contribution in [1.29, 1.82) is 0 Å². The standard InChI is InChI=1S/C10H10N2O2/c13-10-12(7-5-11-6-7)8-3-1-2-4-9(8)14-10/h1-4,7,11H,5-6H2. The average Bonchev–Trinajstić information content (AvgIpc) is 2.41. The number of fused-ring (bicyclic) bond motifs is 1. The minimum Gasteiger partial charge on any atom is -0.408 e. The molecule has 1 saturated heterocycles. The van der Waals surface area contributed by atoms with Gasteiger partial charge in [-0.05, 0) is 12.1 Å². The first-order valence-electron chi connectivity index (χ1n) is 4.67. The van der Waals surface area contributed by atoms with Crippen LogP contribution in [0.2, 0.25) is 0 Å². The molecule has 0 saturated carbocycles. The Hall–Kier alpha value is -1.55. The maximum absolute atomic E-state index is 11.5. The zero-order valence-electron chi connectivity index (χ0n) is 7.56. The van der Waals surface area contributed by atoms with E-state index in [1.165, 1.54) is 0 Å². The molecule has 2 aromatic rings. The summed E-state index contributed by atoms with van der Waals surface area (Å²) in [5, 5.41) is 3.14. The quantitative estimate of drug-likeness (QED) is 0.721. The third-order valence-corrected chi connectivity index (χ3v) is 2.64. The second-order valence-electron chi connectivity index (χ2n) is 3.52. The predicted octanol–water partition coefficient (Wildman–Crippen LogP) is 0.739. The van der Waals surface area contributed by atoms with Gasteiger partial charge in [0, 0.05) is 13.1 Å². The number of hydrogen-bond acceptors (Lipinski definition) is 3. The Morgan fingerprint density at radius 2 is 2.14 bits per heavy atom. The van der Waals surface area contributed by atoms with E-state index in [0.717, 1.165) is 18.6 Å². The Kier molecular flexibility index (Phi) is 1.52. The molecule has 4 nitrogen and oxygen atoms in total. The number of nitrogens with one attached hydrogen (secondary N) is 1. The van der Waals surface area contributed by atoms with Crippen molar-refractivity contribution in [3.8, 4) is 0 Å². The topological polar surface area (TPSA) is 47.2 Å². The Morgan fingerprint density at radius 1 is 1.36 bits per heavy atom. The molecule has 1 N–H and O–H groups in total. The van der Waals surface area contributed by atoms with Crippen LogP contribution in [-0.4, -0.2) is 17.7 Å². The molecule has 0 spiro atoms. The Labute approximate surface area is 80.1 Å². The molecule has 0 atom stereocenters. The summed E-state index contributed by atoms with van der Waals surface area (Å²) in [6.07, 6.45) is 0. The molecule has 1 aliphatic rings. The third-order valence-electron chi connectivity index (χ3n) is 2.64. The van der Waals surface area contributed by atoms with Gasteiger partial charge in [0.25, 0.3) is 0 Å². The molecule has 0 unspecified atom stereocenters. The van der Waals surface area contributed by atoms with Crippen LogP contribution in [0.15, 0.2) is 33.5 Å². The summed E-state index contributed by atoms with van der Waals surface area (Å²) < 4.78 is 6.86. The maximum atomic E-state index is 11.5. The third kappa shape index (κ3) is 0.943. The fraction of sp³-hybridized carbons (Fsp3) is 0.300. The van der Waals surface area contributed by atoms with Gasteiger partial charge in [0.05, 0.1) is 11.6 Å². The van der Waals surface area contributed by atoms with Crippen LogP contribution in [0, 0.1) is 0 Å². The summed E-state index contributed by atoms with van der Waals surface area (Å²) in [5.41, 5.74) is 1.56. The predicted molar refractivity (Wildman–Crippen MR) is 52.4 cm³/mol. The minimum atomic E-state index is -0.252. The number of para-hydroxylation sites is 2. The number of oxazole rings is 1.